The average molecular weight is 513 g/mol. The molecule has 0 saturated heterocycles. The lowest BCUT2D eigenvalue weighted by Gasteiger charge is -2.25. The summed E-state index contributed by atoms with van der Waals surface area (Å²) in [4.78, 5) is 37.9. The number of imidazole rings is 1. The van der Waals surface area contributed by atoms with Crippen LogP contribution in [0.25, 0.3) is 11.0 Å². The number of carbonyl (C=O) groups excluding carboxylic acids is 2. The first-order chi connectivity index (χ1) is 18.5. The van der Waals surface area contributed by atoms with E-state index in [1.54, 1.807) is 18.2 Å². The Labute approximate surface area is 219 Å². The minimum Gasteiger partial charge on any atom is -0.491 e. The van der Waals surface area contributed by atoms with Crippen molar-refractivity contribution >= 4 is 34.2 Å². The molecule has 10 heteroatoms. The molecule has 0 fully saturated rings. The molecule has 1 atom stereocenters. The molecule has 5 N–H and O–H groups in total. The van der Waals surface area contributed by atoms with Crippen LogP contribution < -0.4 is 21.1 Å². The number of aryl methyl sites for hydroxylation is 1. The molecule has 1 unspecified atom stereocenters. The van der Waals surface area contributed by atoms with Crippen LogP contribution in [-0.2, 0) is 26.5 Å². The number of hydrogen-bond donors (Lipinski definition) is 4. The van der Waals surface area contributed by atoms with Gasteiger partial charge in [-0.3, -0.25) is 19.9 Å². The van der Waals surface area contributed by atoms with E-state index in [1.165, 1.54) is 0 Å². The average Bonchev–Trinajstić information content (AvgIpc) is 3.56. The maximum atomic E-state index is 13.3. The SMILES string of the molecule is Cc1cc(OCCOCc2ccccc2)ccc1NC(=O)C1=NCNC1(C(N)=O)c1nc2ccccc2[nH]1. The first-order valence-electron chi connectivity index (χ1n) is 12.2. The molecule has 38 heavy (non-hydrogen) atoms. The van der Waals surface area contributed by atoms with E-state index in [1.807, 2.05) is 61.5 Å². The van der Waals surface area contributed by atoms with Crippen LogP contribution in [0, 0.1) is 6.92 Å². The number of nitrogens with zero attached hydrogens (tertiary/aromatic N) is 2. The van der Waals surface area contributed by atoms with E-state index in [4.69, 9.17) is 15.2 Å². The van der Waals surface area contributed by atoms with Gasteiger partial charge < -0.3 is 25.5 Å². The first kappa shape index (κ1) is 25.1. The van der Waals surface area contributed by atoms with Crippen molar-refractivity contribution in [1.29, 1.82) is 0 Å². The summed E-state index contributed by atoms with van der Waals surface area (Å²) >= 11 is 0. The predicted molar refractivity (Wildman–Crippen MR) is 144 cm³/mol. The number of fused-ring (bicyclic) bond motifs is 1. The molecular formula is C28H28N6O4. The number of benzene rings is 3. The van der Waals surface area contributed by atoms with Crippen LogP contribution >= 0.6 is 0 Å². The number of aromatic amines is 1. The number of amides is 2. The van der Waals surface area contributed by atoms with Gasteiger partial charge in [-0.2, -0.15) is 0 Å². The topological polar surface area (TPSA) is 144 Å². The standard InChI is InChI=1S/C28H28N6O4/c1-18-15-20(38-14-13-37-16-19-7-3-2-4-8-19)11-12-21(18)32-25(35)24-28(26(29)36,31-17-30-24)27-33-22-9-5-6-10-23(22)34-27/h2-12,15,31H,13-14,16-17H2,1H3,(H2,29,36)(H,32,35)(H,33,34). The van der Waals surface area contributed by atoms with Crippen molar-refractivity contribution in [2.24, 2.45) is 10.7 Å². The number of anilines is 1. The number of carbonyl (C=O) groups is 2. The van der Waals surface area contributed by atoms with E-state index in [9.17, 15) is 9.59 Å². The van der Waals surface area contributed by atoms with E-state index in [0.29, 0.717) is 42.3 Å². The third kappa shape index (κ3) is 4.99. The minimum absolute atomic E-state index is 0.0425. The van der Waals surface area contributed by atoms with Crippen molar-refractivity contribution in [1.82, 2.24) is 15.3 Å². The van der Waals surface area contributed by atoms with Crippen LogP contribution in [0.2, 0.25) is 0 Å². The normalized spacial score (nSPS) is 16.8. The Balaban J connectivity index is 1.24. The summed E-state index contributed by atoms with van der Waals surface area (Å²) < 4.78 is 11.4. The Bertz CT molecular complexity index is 1470. The van der Waals surface area contributed by atoms with Crippen LogP contribution in [0.1, 0.15) is 17.0 Å². The van der Waals surface area contributed by atoms with Gasteiger partial charge in [0.2, 0.25) is 5.54 Å². The lowest BCUT2D eigenvalue weighted by Crippen LogP contribution is -2.58. The summed E-state index contributed by atoms with van der Waals surface area (Å²) in [7, 11) is 0. The van der Waals surface area contributed by atoms with Gasteiger partial charge >= 0.3 is 0 Å². The van der Waals surface area contributed by atoms with Gasteiger partial charge in [0.1, 0.15) is 23.9 Å². The van der Waals surface area contributed by atoms with Crippen molar-refractivity contribution in [3.63, 3.8) is 0 Å². The monoisotopic (exact) mass is 512 g/mol. The highest BCUT2D eigenvalue weighted by molar-refractivity contribution is 6.50. The maximum Gasteiger partial charge on any atom is 0.272 e. The number of hydrogen-bond acceptors (Lipinski definition) is 7. The molecule has 2 heterocycles. The van der Waals surface area contributed by atoms with Gasteiger partial charge in [0.25, 0.3) is 11.8 Å². The minimum atomic E-state index is -1.68. The smallest absolute Gasteiger partial charge is 0.272 e. The largest absolute Gasteiger partial charge is 0.491 e. The third-order valence-corrected chi connectivity index (χ3v) is 6.32. The molecule has 4 aromatic rings. The van der Waals surface area contributed by atoms with Crippen LogP contribution in [0.3, 0.4) is 0 Å². The fourth-order valence-electron chi connectivity index (χ4n) is 4.36. The van der Waals surface area contributed by atoms with E-state index < -0.39 is 17.4 Å². The van der Waals surface area contributed by atoms with Crippen molar-refractivity contribution < 1.29 is 19.1 Å². The zero-order valence-corrected chi connectivity index (χ0v) is 20.9. The summed E-state index contributed by atoms with van der Waals surface area (Å²) in [5, 5.41) is 5.81. The molecule has 1 aliphatic rings. The highest BCUT2D eigenvalue weighted by atomic mass is 16.5. The molecule has 0 radical (unpaired) electrons. The second kappa shape index (κ2) is 10.8. The van der Waals surface area contributed by atoms with Gasteiger partial charge in [-0.25, -0.2) is 4.98 Å². The lowest BCUT2D eigenvalue weighted by atomic mass is 9.91. The second-order valence-corrected chi connectivity index (χ2v) is 8.88. The Morgan fingerprint density at radius 3 is 2.61 bits per heavy atom. The third-order valence-electron chi connectivity index (χ3n) is 6.32. The molecule has 1 aliphatic heterocycles. The highest BCUT2D eigenvalue weighted by Gasteiger charge is 2.52. The number of aromatic nitrogens is 2. The molecule has 3 aromatic carbocycles. The molecule has 1 aromatic heterocycles. The number of H-pyrrole nitrogens is 1. The Kier molecular flexibility index (Phi) is 7.16. The van der Waals surface area contributed by atoms with E-state index >= 15 is 0 Å². The van der Waals surface area contributed by atoms with Gasteiger partial charge in [-0.05, 0) is 48.4 Å². The molecule has 5 rings (SSSR count). The van der Waals surface area contributed by atoms with Gasteiger partial charge in [0.05, 0.1) is 30.9 Å². The van der Waals surface area contributed by atoms with Gasteiger partial charge in [-0.15, -0.1) is 0 Å². The second-order valence-electron chi connectivity index (χ2n) is 8.88. The molecular weight excluding hydrogens is 484 g/mol. The predicted octanol–water partition coefficient (Wildman–Crippen LogP) is 2.79. The van der Waals surface area contributed by atoms with Crippen molar-refractivity contribution in [3.05, 3.63) is 89.7 Å². The van der Waals surface area contributed by atoms with Gasteiger partial charge in [0, 0.05) is 5.69 Å². The van der Waals surface area contributed by atoms with Crippen LogP contribution in [0.15, 0.2) is 77.8 Å². The number of rotatable bonds is 10. The first-order valence-corrected chi connectivity index (χ1v) is 12.2. The van der Waals surface area contributed by atoms with Crippen molar-refractivity contribution in [3.8, 4) is 5.75 Å². The van der Waals surface area contributed by atoms with E-state index in [-0.39, 0.29) is 18.2 Å². The highest BCUT2D eigenvalue weighted by Crippen LogP contribution is 2.28. The summed E-state index contributed by atoms with van der Waals surface area (Å²) in [6, 6.07) is 22.6. The molecule has 0 aliphatic carbocycles. The molecule has 194 valence electrons. The van der Waals surface area contributed by atoms with Crippen molar-refractivity contribution in [2.75, 3.05) is 25.2 Å². The number of nitrogens with two attached hydrogens (primary N) is 1. The van der Waals surface area contributed by atoms with Gasteiger partial charge in [-0.1, -0.05) is 42.5 Å². The maximum absolute atomic E-state index is 13.3. The Morgan fingerprint density at radius 1 is 1.05 bits per heavy atom. The zero-order chi connectivity index (χ0) is 26.5. The summed E-state index contributed by atoms with van der Waals surface area (Å²) in [6.45, 7) is 3.24. The Hall–Kier alpha value is -4.54. The quantitative estimate of drug-likeness (QED) is 0.241. The number of ether oxygens (including phenoxy) is 2. The molecule has 2 amide bonds. The zero-order valence-electron chi connectivity index (χ0n) is 20.9. The van der Waals surface area contributed by atoms with Crippen LogP contribution in [-0.4, -0.2) is 47.4 Å². The summed E-state index contributed by atoms with van der Waals surface area (Å²) in [5.41, 5.74) is 7.87. The number of para-hydroxylation sites is 2. The number of primary amides is 1. The van der Waals surface area contributed by atoms with Crippen LogP contribution in [0.4, 0.5) is 5.69 Å². The van der Waals surface area contributed by atoms with Crippen LogP contribution in [0.5, 0.6) is 5.75 Å². The lowest BCUT2D eigenvalue weighted by molar-refractivity contribution is -0.123. The fraction of sp³-hybridized carbons (Fsp3) is 0.214. The fourth-order valence-corrected chi connectivity index (χ4v) is 4.36. The van der Waals surface area contributed by atoms with Gasteiger partial charge in [0.15, 0.2) is 0 Å². The number of nitrogens with one attached hydrogen (secondary N) is 3. The Morgan fingerprint density at radius 2 is 1.84 bits per heavy atom. The summed E-state index contributed by atoms with van der Waals surface area (Å²) in [6.07, 6.45) is 0. The molecule has 0 bridgehead atoms. The number of aliphatic imine (C=N–C) groups is 1. The molecule has 10 nitrogen and oxygen atoms in total. The molecule has 0 spiro atoms. The summed E-state index contributed by atoms with van der Waals surface area (Å²) in [5.74, 6) is -0.469. The van der Waals surface area contributed by atoms with E-state index in [0.717, 1.165) is 11.1 Å². The van der Waals surface area contributed by atoms with Crippen molar-refractivity contribution in [2.45, 2.75) is 19.1 Å². The molecule has 0 saturated carbocycles. The van der Waals surface area contributed by atoms with E-state index in [2.05, 4.69) is 25.6 Å².